The molecule has 3 aromatic rings. The van der Waals surface area contributed by atoms with Gasteiger partial charge in [0.2, 0.25) is 0 Å². The summed E-state index contributed by atoms with van der Waals surface area (Å²) in [6.45, 7) is 1.91. The summed E-state index contributed by atoms with van der Waals surface area (Å²) in [6.07, 6.45) is 0. The highest BCUT2D eigenvalue weighted by molar-refractivity contribution is 6.51. The van der Waals surface area contributed by atoms with Crippen LogP contribution in [0.2, 0.25) is 0 Å². The molecule has 0 saturated carbocycles. The second kappa shape index (κ2) is 9.80. The van der Waals surface area contributed by atoms with Gasteiger partial charge in [-0.05, 0) is 73.2 Å². The second-order valence-corrected chi connectivity index (χ2v) is 7.72. The minimum absolute atomic E-state index is 0.138. The van der Waals surface area contributed by atoms with E-state index < -0.39 is 29.5 Å². The van der Waals surface area contributed by atoms with Crippen molar-refractivity contribution in [1.82, 2.24) is 0 Å². The van der Waals surface area contributed by atoms with Crippen molar-refractivity contribution in [3.63, 3.8) is 0 Å². The van der Waals surface area contributed by atoms with Crippen LogP contribution in [0.4, 0.5) is 10.1 Å². The molecule has 0 bridgehead atoms. The zero-order chi connectivity index (χ0) is 25.1. The van der Waals surface area contributed by atoms with Gasteiger partial charge in [-0.3, -0.25) is 14.5 Å². The number of ether oxygens (including phenoxy) is 2. The molecule has 1 amide bonds. The van der Waals surface area contributed by atoms with Gasteiger partial charge in [0.05, 0.1) is 30.9 Å². The molecule has 4 rings (SSSR count). The number of amides is 1. The molecule has 3 aromatic carbocycles. The zero-order valence-electron chi connectivity index (χ0n) is 19.0. The number of Topliss-reactive ketones (excluding diaryl/α,β-unsaturated/α-hetero) is 1. The van der Waals surface area contributed by atoms with Crippen molar-refractivity contribution in [2.24, 2.45) is 0 Å². The van der Waals surface area contributed by atoms with Gasteiger partial charge >= 0.3 is 5.97 Å². The predicted molar refractivity (Wildman–Crippen MR) is 127 cm³/mol. The second-order valence-electron chi connectivity index (χ2n) is 7.72. The normalized spacial score (nSPS) is 16.9. The molecule has 1 atom stereocenters. The number of aliphatic hydroxyl groups is 1. The van der Waals surface area contributed by atoms with Crippen molar-refractivity contribution in [3.05, 3.63) is 101 Å². The van der Waals surface area contributed by atoms with Crippen LogP contribution in [0.1, 0.15) is 34.5 Å². The molecule has 1 aliphatic heterocycles. The van der Waals surface area contributed by atoms with Crippen LogP contribution < -0.4 is 9.64 Å². The maximum absolute atomic E-state index is 13.7. The average molecular weight is 475 g/mol. The molecule has 0 aliphatic carbocycles. The molecule has 1 N–H and O–H groups in total. The van der Waals surface area contributed by atoms with Crippen LogP contribution in [0.15, 0.2) is 78.4 Å². The number of benzene rings is 3. The van der Waals surface area contributed by atoms with Gasteiger partial charge < -0.3 is 14.6 Å². The van der Waals surface area contributed by atoms with Crippen LogP contribution in [-0.2, 0) is 14.3 Å². The Balaban J connectivity index is 1.84. The van der Waals surface area contributed by atoms with Crippen LogP contribution in [-0.4, -0.2) is 36.5 Å². The number of aliphatic hydroxyl groups excluding tert-OH is 1. The number of anilines is 1. The molecule has 1 heterocycles. The van der Waals surface area contributed by atoms with E-state index in [1.807, 2.05) is 0 Å². The quantitative estimate of drug-likeness (QED) is 0.242. The summed E-state index contributed by atoms with van der Waals surface area (Å²) in [5.74, 6) is -2.57. The van der Waals surface area contributed by atoms with E-state index in [4.69, 9.17) is 9.47 Å². The third kappa shape index (κ3) is 4.50. The largest absolute Gasteiger partial charge is 0.507 e. The Morgan fingerprint density at radius 1 is 0.943 bits per heavy atom. The fourth-order valence-electron chi connectivity index (χ4n) is 3.94. The first kappa shape index (κ1) is 23.7. The summed E-state index contributed by atoms with van der Waals surface area (Å²) in [5, 5.41) is 11.1. The Bertz CT molecular complexity index is 1300. The van der Waals surface area contributed by atoms with Gasteiger partial charge in [-0.2, -0.15) is 0 Å². The van der Waals surface area contributed by atoms with Gasteiger partial charge in [0, 0.05) is 11.3 Å². The number of hydrogen-bond acceptors (Lipinski definition) is 6. The van der Waals surface area contributed by atoms with Gasteiger partial charge in [-0.1, -0.05) is 12.1 Å². The van der Waals surface area contributed by atoms with Gasteiger partial charge in [0.25, 0.3) is 11.7 Å². The highest BCUT2D eigenvalue weighted by Gasteiger charge is 2.47. The average Bonchev–Trinajstić information content (AvgIpc) is 3.14. The molecule has 0 aromatic heterocycles. The summed E-state index contributed by atoms with van der Waals surface area (Å²) in [5.41, 5.74) is 1.21. The summed E-state index contributed by atoms with van der Waals surface area (Å²) in [7, 11) is 1.50. The van der Waals surface area contributed by atoms with E-state index in [2.05, 4.69) is 0 Å². The first-order valence-corrected chi connectivity index (χ1v) is 10.8. The topological polar surface area (TPSA) is 93.1 Å². The molecule has 35 heavy (non-hydrogen) atoms. The monoisotopic (exact) mass is 475 g/mol. The zero-order valence-corrected chi connectivity index (χ0v) is 19.0. The van der Waals surface area contributed by atoms with E-state index in [-0.39, 0.29) is 23.5 Å². The third-order valence-electron chi connectivity index (χ3n) is 5.65. The number of ketones is 1. The predicted octanol–water partition coefficient (Wildman–Crippen LogP) is 4.64. The van der Waals surface area contributed by atoms with Crippen LogP contribution in [0.5, 0.6) is 5.75 Å². The first-order valence-electron chi connectivity index (χ1n) is 10.8. The fraction of sp³-hybridized carbons (Fsp3) is 0.148. The van der Waals surface area contributed by atoms with E-state index >= 15 is 0 Å². The van der Waals surface area contributed by atoms with Crippen molar-refractivity contribution in [1.29, 1.82) is 0 Å². The number of carbonyl (C=O) groups is 3. The summed E-state index contributed by atoms with van der Waals surface area (Å²) < 4.78 is 23.8. The summed E-state index contributed by atoms with van der Waals surface area (Å²) in [6, 6.07) is 16.7. The lowest BCUT2D eigenvalue weighted by molar-refractivity contribution is -0.132. The van der Waals surface area contributed by atoms with Gasteiger partial charge in [0.15, 0.2) is 0 Å². The maximum Gasteiger partial charge on any atom is 0.338 e. The molecule has 0 unspecified atom stereocenters. The van der Waals surface area contributed by atoms with Crippen molar-refractivity contribution in [3.8, 4) is 5.75 Å². The van der Waals surface area contributed by atoms with E-state index in [1.165, 1.54) is 60.5 Å². The third-order valence-corrected chi connectivity index (χ3v) is 5.65. The molecule has 0 spiro atoms. The van der Waals surface area contributed by atoms with Crippen molar-refractivity contribution in [2.75, 3.05) is 18.6 Å². The molecule has 1 aliphatic rings. The van der Waals surface area contributed by atoms with Crippen LogP contribution in [0.25, 0.3) is 5.76 Å². The number of halogens is 1. The Kier molecular flexibility index (Phi) is 6.64. The molecule has 0 radical (unpaired) electrons. The standard InChI is InChI=1S/C27H22FNO6/c1-3-35-27(33)18-6-12-20(13-7-18)29-23(16-4-10-19(28)11-5-16)22(25(31)26(29)32)24(30)17-8-14-21(34-2)15-9-17/h4-15,23,30H,3H2,1-2H3/t23-/m0/s1. The van der Waals surface area contributed by atoms with Crippen LogP contribution in [0.3, 0.4) is 0 Å². The maximum atomic E-state index is 13.7. The van der Waals surface area contributed by atoms with E-state index in [9.17, 15) is 23.9 Å². The smallest absolute Gasteiger partial charge is 0.338 e. The molecule has 178 valence electrons. The molecular weight excluding hydrogens is 453 g/mol. The van der Waals surface area contributed by atoms with Crippen LogP contribution in [0, 0.1) is 5.82 Å². The van der Waals surface area contributed by atoms with Gasteiger partial charge in [-0.25, -0.2) is 9.18 Å². The minimum Gasteiger partial charge on any atom is -0.507 e. The molecule has 7 nitrogen and oxygen atoms in total. The minimum atomic E-state index is -1.02. The summed E-state index contributed by atoms with van der Waals surface area (Å²) in [4.78, 5) is 39.6. The van der Waals surface area contributed by atoms with Gasteiger partial charge in [0.1, 0.15) is 17.3 Å². The Hall–Kier alpha value is -4.46. The molecule has 1 fully saturated rings. The number of rotatable bonds is 6. The molecule has 8 heteroatoms. The number of esters is 1. The van der Waals surface area contributed by atoms with Crippen molar-refractivity contribution < 1.29 is 33.4 Å². The lowest BCUT2D eigenvalue weighted by Gasteiger charge is -2.25. The lowest BCUT2D eigenvalue weighted by atomic mass is 9.95. The SMILES string of the molecule is CCOC(=O)c1ccc(N2C(=O)C(=O)C(=C(O)c3ccc(OC)cc3)[C@@H]2c2ccc(F)cc2)cc1. The Labute approximate surface area is 201 Å². The summed E-state index contributed by atoms with van der Waals surface area (Å²) >= 11 is 0. The highest BCUT2D eigenvalue weighted by Crippen LogP contribution is 2.42. The lowest BCUT2D eigenvalue weighted by Crippen LogP contribution is -2.29. The van der Waals surface area contributed by atoms with Crippen LogP contribution >= 0.6 is 0 Å². The van der Waals surface area contributed by atoms with E-state index in [1.54, 1.807) is 31.2 Å². The fourth-order valence-corrected chi connectivity index (χ4v) is 3.94. The number of carbonyl (C=O) groups excluding carboxylic acids is 3. The number of hydrogen-bond donors (Lipinski definition) is 1. The van der Waals surface area contributed by atoms with Crippen molar-refractivity contribution >= 4 is 29.1 Å². The first-order chi connectivity index (χ1) is 16.8. The number of methoxy groups -OCH3 is 1. The molecular formula is C27H22FNO6. The van der Waals surface area contributed by atoms with Crippen molar-refractivity contribution in [2.45, 2.75) is 13.0 Å². The highest BCUT2D eigenvalue weighted by atomic mass is 19.1. The molecule has 1 saturated heterocycles. The Morgan fingerprint density at radius 3 is 2.11 bits per heavy atom. The van der Waals surface area contributed by atoms with E-state index in [0.717, 1.165) is 0 Å². The van der Waals surface area contributed by atoms with E-state index in [0.29, 0.717) is 22.6 Å². The Morgan fingerprint density at radius 2 is 1.54 bits per heavy atom. The number of nitrogens with zero attached hydrogens (tertiary/aromatic N) is 1. The van der Waals surface area contributed by atoms with Gasteiger partial charge in [-0.15, -0.1) is 0 Å².